The van der Waals surface area contributed by atoms with E-state index in [-0.39, 0.29) is 23.8 Å². The van der Waals surface area contributed by atoms with Crippen molar-refractivity contribution in [3.05, 3.63) is 98.1 Å². The molecule has 1 amide bonds. The Hall–Kier alpha value is -3.84. The van der Waals surface area contributed by atoms with Crippen LogP contribution in [-0.4, -0.2) is 23.6 Å². The van der Waals surface area contributed by atoms with Crippen LogP contribution >= 0.6 is 22.6 Å². The number of aromatic carboxylic acids is 1. The van der Waals surface area contributed by atoms with E-state index < -0.39 is 11.9 Å². The van der Waals surface area contributed by atoms with Gasteiger partial charge in [0.25, 0.3) is 5.91 Å². The summed E-state index contributed by atoms with van der Waals surface area (Å²) in [4.78, 5) is 24.0. The molecular formula is C28H25IN2O5. The van der Waals surface area contributed by atoms with Crippen molar-refractivity contribution in [3.63, 3.8) is 0 Å². The summed E-state index contributed by atoms with van der Waals surface area (Å²) in [5.41, 5.74) is 2.40. The molecule has 0 aliphatic carbocycles. The smallest absolute Gasteiger partial charge is 0.335 e. The third-order valence-corrected chi connectivity index (χ3v) is 6.01. The van der Waals surface area contributed by atoms with Crippen LogP contribution in [0.1, 0.15) is 46.9 Å². The zero-order chi connectivity index (χ0) is 26.1. The molecule has 3 aromatic rings. The van der Waals surface area contributed by atoms with E-state index in [4.69, 9.17) is 9.47 Å². The Morgan fingerprint density at radius 1 is 1.11 bits per heavy atom. The molecule has 2 N–H and O–H groups in total. The normalized spacial score (nSPS) is 11.8. The molecule has 0 saturated carbocycles. The van der Waals surface area contributed by atoms with Crippen LogP contribution in [0.4, 0.5) is 0 Å². The number of rotatable bonds is 10. The van der Waals surface area contributed by atoms with E-state index in [9.17, 15) is 20.0 Å². The minimum absolute atomic E-state index is 0.0322. The largest absolute Gasteiger partial charge is 0.490 e. The molecule has 0 aromatic heterocycles. The first-order valence-electron chi connectivity index (χ1n) is 11.2. The summed E-state index contributed by atoms with van der Waals surface area (Å²) >= 11 is 2.10. The third-order valence-electron chi connectivity index (χ3n) is 5.21. The van der Waals surface area contributed by atoms with Crippen LogP contribution in [0.2, 0.25) is 0 Å². The van der Waals surface area contributed by atoms with Gasteiger partial charge >= 0.3 is 5.97 Å². The lowest BCUT2D eigenvalue weighted by Crippen LogP contribution is -2.27. The predicted molar refractivity (Wildman–Crippen MR) is 145 cm³/mol. The minimum atomic E-state index is -1.01. The molecule has 3 rings (SSSR count). The number of nitriles is 1. The van der Waals surface area contributed by atoms with E-state index in [1.807, 2.05) is 50.2 Å². The second kappa shape index (κ2) is 12.7. The molecule has 0 heterocycles. The van der Waals surface area contributed by atoms with Crippen LogP contribution in [0.5, 0.6) is 11.5 Å². The first-order valence-corrected chi connectivity index (χ1v) is 12.3. The fourth-order valence-corrected chi connectivity index (χ4v) is 4.22. The van der Waals surface area contributed by atoms with Gasteiger partial charge in [-0.25, -0.2) is 4.79 Å². The van der Waals surface area contributed by atoms with Crippen molar-refractivity contribution in [1.29, 1.82) is 5.26 Å². The number of carboxylic acids is 1. The minimum Gasteiger partial charge on any atom is -0.490 e. The van der Waals surface area contributed by atoms with E-state index in [1.165, 1.54) is 12.1 Å². The third kappa shape index (κ3) is 7.09. The number of amides is 1. The number of ether oxygens (including phenoxy) is 2. The lowest BCUT2D eigenvalue weighted by atomic mass is 10.1. The Morgan fingerprint density at radius 2 is 1.86 bits per heavy atom. The van der Waals surface area contributed by atoms with Crippen molar-refractivity contribution in [1.82, 2.24) is 5.32 Å². The second-order valence-corrected chi connectivity index (χ2v) is 9.00. The predicted octanol–water partition coefficient (Wildman–Crippen LogP) is 5.75. The van der Waals surface area contributed by atoms with Gasteiger partial charge in [-0.15, -0.1) is 0 Å². The van der Waals surface area contributed by atoms with Gasteiger partial charge in [-0.2, -0.15) is 5.26 Å². The van der Waals surface area contributed by atoms with Gasteiger partial charge < -0.3 is 19.9 Å². The summed E-state index contributed by atoms with van der Waals surface area (Å²) < 4.78 is 12.5. The van der Waals surface area contributed by atoms with Crippen LogP contribution in [0.15, 0.2) is 72.3 Å². The quantitative estimate of drug-likeness (QED) is 0.175. The van der Waals surface area contributed by atoms with Gasteiger partial charge in [-0.05, 0) is 83.5 Å². The standard InChI is InChI=1S/C28H25IN2O5/c1-3-35-25-15-20(13-23(16-30)27(32)31-18(2)21-9-5-4-6-10-21)14-24(29)26(25)36-17-19-8-7-11-22(12-19)28(33)34/h4-15,18H,3,17H2,1-2H3,(H,31,32)(H,33,34)/b23-13-/t18-/m1/s1. The zero-order valence-electron chi connectivity index (χ0n) is 19.8. The fraction of sp³-hybridized carbons (Fsp3) is 0.179. The number of hydrogen-bond donors (Lipinski definition) is 2. The van der Waals surface area contributed by atoms with Crippen molar-refractivity contribution in [3.8, 4) is 17.6 Å². The topological polar surface area (TPSA) is 109 Å². The van der Waals surface area contributed by atoms with Gasteiger partial charge in [0.15, 0.2) is 11.5 Å². The van der Waals surface area contributed by atoms with Crippen LogP contribution in [0.3, 0.4) is 0 Å². The fourth-order valence-electron chi connectivity index (χ4n) is 3.44. The lowest BCUT2D eigenvalue weighted by molar-refractivity contribution is -0.117. The highest BCUT2D eigenvalue weighted by molar-refractivity contribution is 14.1. The van der Waals surface area contributed by atoms with Crippen LogP contribution in [0, 0.1) is 14.9 Å². The molecule has 1 atom stereocenters. The summed E-state index contributed by atoms with van der Waals surface area (Å²) in [6.45, 7) is 4.23. The van der Waals surface area contributed by atoms with Crippen molar-refractivity contribution in [2.45, 2.75) is 26.5 Å². The van der Waals surface area contributed by atoms with Crippen molar-refractivity contribution in [2.75, 3.05) is 6.61 Å². The zero-order valence-corrected chi connectivity index (χ0v) is 22.0. The van der Waals surface area contributed by atoms with Gasteiger partial charge in [0.05, 0.1) is 21.8 Å². The van der Waals surface area contributed by atoms with E-state index >= 15 is 0 Å². The van der Waals surface area contributed by atoms with E-state index in [0.29, 0.717) is 29.2 Å². The number of nitrogens with one attached hydrogen (secondary N) is 1. The molecule has 0 bridgehead atoms. The maximum atomic E-state index is 12.8. The maximum Gasteiger partial charge on any atom is 0.335 e. The van der Waals surface area contributed by atoms with Gasteiger partial charge in [0.1, 0.15) is 18.2 Å². The number of benzene rings is 3. The average molecular weight is 596 g/mol. The molecule has 0 spiro atoms. The Balaban J connectivity index is 1.82. The summed E-state index contributed by atoms with van der Waals surface area (Å²) in [5, 5.41) is 21.7. The molecule has 0 fully saturated rings. The Kier molecular flexibility index (Phi) is 9.47. The van der Waals surface area contributed by atoms with E-state index in [2.05, 4.69) is 27.9 Å². The van der Waals surface area contributed by atoms with E-state index in [1.54, 1.807) is 30.3 Å². The van der Waals surface area contributed by atoms with Gasteiger partial charge in [0, 0.05) is 0 Å². The molecule has 184 valence electrons. The molecular weight excluding hydrogens is 571 g/mol. The maximum absolute atomic E-state index is 12.8. The van der Waals surface area contributed by atoms with Gasteiger partial charge in [0.2, 0.25) is 0 Å². The summed E-state index contributed by atoms with van der Waals surface area (Å²) in [5.74, 6) is -0.523. The number of carbonyl (C=O) groups excluding carboxylic acids is 1. The molecule has 0 saturated heterocycles. The first-order chi connectivity index (χ1) is 17.3. The van der Waals surface area contributed by atoms with Crippen molar-refractivity contribution < 1.29 is 24.2 Å². The molecule has 8 heteroatoms. The summed E-state index contributed by atoms with van der Waals surface area (Å²) in [6.07, 6.45) is 1.51. The van der Waals surface area contributed by atoms with Crippen LogP contribution < -0.4 is 14.8 Å². The van der Waals surface area contributed by atoms with Crippen LogP contribution in [0.25, 0.3) is 6.08 Å². The second-order valence-electron chi connectivity index (χ2n) is 7.83. The summed E-state index contributed by atoms with van der Waals surface area (Å²) in [7, 11) is 0. The van der Waals surface area contributed by atoms with Crippen LogP contribution in [-0.2, 0) is 11.4 Å². The van der Waals surface area contributed by atoms with Crippen molar-refractivity contribution in [2.24, 2.45) is 0 Å². The average Bonchev–Trinajstić information content (AvgIpc) is 2.87. The molecule has 36 heavy (non-hydrogen) atoms. The van der Waals surface area contributed by atoms with E-state index in [0.717, 1.165) is 9.13 Å². The summed E-state index contributed by atoms with van der Waals surface area (Å²) in [6, 6.07) is 21.2. The highest BCUT2D eigenvalue weighted by Crippen LogP contribution is 2.35. The van der Waals surface area contributed by atoms with Crippen molar-refractivity contribution >= 4 is 40.5 Å². The molecule has 0 radical (unpaired) electrons. The van der Waals surface area contributed by atoms with Gasteiger partial charge in [-0.3, -0.25) is 4.79 Å². The van der Waals surface area contributed by atoms with Gasteiger partial charge in [-0.1, -0.05) is 42.5 Å². The Labute approximate surface area is 223 Å². The highest BCUT2D eigenvalue weighted by atomic mass is 127. The number of nitrogens with zero attached hydrogens (tertiary/aromatic N) is 1. The number of carbonyl (C=O) groups is 2. The molecule has 7 nitrogen and oxygen atoms in total. The first kappa shape index (κ1) is 26.8. The number of halogens is 1. The Bertz CT molecular complexity index is 1320. The molecule has 3 aromatic carbocycles. The SMILES string of the molecule is CCOc1cc(/C=C(/C#N)C(=O)N[C@H](C)c2ccccc2)cc(I)c1OCc1cccc(C(=O)O)c1. The lowest BCUT2D eigenvalue weighted by Gasteiger charge is -2.16. The monoisotopic (exact) mass is 596 g/mol. The number of hydrogen-bond acceptors (Lipinski definition) is 5. The highest BCUT2D eigenvalue weighted by Gasteiger charge is 2.16. The molecule has 0 unspecified atom stereocenters. The Morgan fingerprint density at radius 3 is 2.53 bits per heavy atom. The molecule has 0 aliphatic rings. The number of carboxylic acid groups (broad SMARTS) is 1. The molecule has 0 aliphatic heterocycles.